The summed E-state index contributed by atoms with van der Waals surface area (Å²) in [5.74, 6) is -1.15. The third-order valence-electron chi connectivity index (χ3n) is 3.29. The number of benzene rings is 1. The molecule has 1 amide bonds. The zero-order valence-electron chi connectivity index (χ0n) is 14.8. The van der Waals surface area contributed by atoms with Crippen LogP contribution in [0.1, 0.15) is 36.7 Å². The van der Waals surface area contributed by atoms with Crippen molar-refractivity contribution in [3.8, 4) is 0 Å². The van der Waals surface area contributed by atoms with Gasteiger partial charge in [-0.05, 0) is 45.4 Å². The molecule has 8 heteroatoms. The van der Waals surface area contributed by atoms with E-state index >= 15 is 0 Å². The number of sulfonamides is 1. The fourth-order valence-electron chi connectivity index (χ4n) is 1.87. The molecule has 0 bridgehead atoms. The summed E-state index contributed by atoms with van der Waals surface area (Å²) in [6.45, 7) is 6.73. The molecule has 0 radical (unpaired) electrons. The summed E-state index contributed by atoms with van der Waals surface area (Å²) < 4.78 is 30.6. The number of hydrogen-bond acceptors (Lipinski definition) is 5. The van der Waals surface area contributed by atoms with Gasteiger partial charge in [-0.3, -0.25) is 4.79 Å². The van der Waals surface area contributed by atoms with Crippen LogP contribution >= 0.6 is 0 Å². The van der Waals surface area contributed by atoms with Gasteiger partial charge in [0.15, 0.2) is 6.10 Å². The standard InChI is InChI=1S/C16H24N2O5S/c1-10(2)17-15(19)12(4)23-16(20)14-9-13(8-7-11(14)3)24(21,22)18(5)6/h7-10,12H,1-6H3,(H,17,19)/t12-/m1/s1. The van der Waals surface area contributed by atoms with Gasteiger partial charge in [-0.1, -0.05) is 6.07 Å². The molecule has 0 aliphatic rings. The number of amides is 1. The van der Waals surface area contributed by atoms with E-state index in [1.807, 2.05) is 0 Å². The van der Waals surface area contributed by atoms with Crippen LogP contribution in [0.4, 0.5) is 0 Å². The van der Waals surface area contributed by atoms with E-state index in [0.29, 0.717) is 5.56 Å². The molecular weight excluding hydrogens is 332 g/mol. The van der Waals surface area contributed by atoms with E-state index in [2.05, 4.69) is 5.32 Å². The molecule has 0 fully saturated rings. The molecular formula is C16H24N2O5S. The van der Waals surface area contributed by atoms with E-state index in [0.717, 1.165) is 4.31 Å². The minimum atomic E-state index is -3.66. The highest BCUT2D eigenvalue weighted by atomic mass is 32.2. The molecule has 0 spiro atoms. The van der Waals surface area contributed by atoms with E-state index < -0.39 is 28.0 Å². The molecule has 1 N–H and O–H groups in total. The lowest BCUT2D eigenvalue weighted by molar-refractivity contribution is -0.129. The van der Waals surface area contributed by atoms with E-state index in [1.54, 1.807) is 20.8 Å². The van der Waals surface area contributed by atoms with Crippen LogP contribution in [-0.4, -0.2) is 50.8 Å². The van der Waals surface area contributed by atoms with Gasteiger partial charge in [-0.15, -0.1) is 0 Å². The highest BCUT2D eigenvalue weighted by Crippen LogP contribution is 2.19. The summed E-state index contributed by atoms with van der Waals surface area (Å²) in [5.41, 5.74) is 0.677. The van der Waals surface area contributed by atoms with Crippen molar-refractivity contribution in [3.05, 3.63) is 29.3 Å². The van der Waals surface area contributed by atoms with Gasteiger partial charge >= 0.3 is 5.97 Å². The molecule has 0 saturated heterocycles. The van der Waals surface area contributed by atoms with E-state index in [1.165, 1.54) is 39.2 Å². The molecule has 0 saturated carbocycles. The Morgan fingerprint density at radius 2 is 1.75 bits per heavy atom. The Bertz CT molecular complexity index is 726. The summed E-state index contributed by atoms with van der Waals surface area (Å²) >= 11 is 0. The van der Waals surface area contributed by atoms with Crippen LogP contribution in [0.15, 0.2) is 23.1 Å². The minimum Gasteiger partial charge on any atom is -0.449 e. The predicted octanol–water partition coefficient (Wildman–Crippen LogP) is 1.32. The van der Waals surface area contributed by atoms with Crippen molar-refractivity contribution in [2.75, 3.05) is 14.1 Å². The summed E-state index contributed by atoms with van der Waals surface area (Å²) in [5, 5.41) is 2.65. The Morgan fingerprint density at radius 3 is 2.25 bits per heavy atom. The summed E-state index contributed by atoms with van der Waals surface area (Å²) in [6.07, 6.45) is -0.978. The maximum absolute atomic E-state index is 12.3. The van der Waals surface area contributed by atoms with Crippen LogP contribution in [0.3, 0.4) is 0 Å². The Morgan fingerprint density at radius 1 is 1.17 bits per heavy atom. The zero-order valence-corrected chi connectivity index (χ0v) is 15.6. The quantitative estimate of drug-likeness (QED) is 0.776. The average Bonchev–Trinajstić information content (AvgIpc) is 2.46. The third-order valence-corrected chi connectivity index (χ3v) is 5.10. The molecule has 24 heavy (non-hydrogen) atoms. The lowest BCUT2D eigenvalue weighted by Crippen LogP contribution is -2.39. The molecule has 0 aromatic heterocycles. The van der Waals surface area contributed by atoms with Gasteiger partial charge in [0, 0.05) is 20.1 Å². The van der Waals surface area contributed by atoms with Gasteiger partial charge in [0.2, 0.25) is 10.0 Å². The topological polar surface area (TPSA) is 92.8 Å². The second-order valence-electron chi connectivity index (χ2n) is 5.97. The van der Waals surface area contributed by atoms with Gasteiger partial charge in [0.25, 0.3) is 5.91 Å². The Hall–Kier alpha value is -1.93. The number of nitrogens with zero attached hydrogens (tertiary/aromatic N) is 1. The Labute approximate surface area is 143 Å². The van der Waals surface area contributed by atoms with Crippen LogP contribution in [0, 0.1) is 6.92 Å². The Kier molecular flexibility index (Phi) is 6.50. The molecule has 1 aromatic carbocycles. The fraction of sp³-hybridized carbons (Fsp3) is 0.500. The van der Waals surface area contributed by atoms with Crippen LogP contribution in [0.5, 0.6) is 0 Å². The molecule has 0 aliphatic heterocycles. The van der Waals surface area contributed by atoms with Crippen molar-refractivity contribution in [2.24, 2.45) is 0 Å². The first-order valence-electron chi connectivity index (χ1n) is 7.51. The van der Waals surface area contributed by atoms with E-state index in [-0.39, 0.29) is 16.5 Å². The number of aryl methyl sites for hydroxylation is 1. The predicted molar refractivity (Wildman–Crippen MR) is 90.2 cm³/mol. The second kappa shape index (κ2) is 7.76. The number of rotatable bonds is 6. The van der Waals surface area contributed by atoms with Gasteiger partial charge < -0.3 is 10.1 Å². The van der Waals surface area contributed by atoms with Crippen molar-refractivity contribution in [1.29, 1.82) is 0 Å². The molecule has 1 aromatic rings. The SMILES string of the molecule is Cc1ccc(S(=O)(=O)N(C)C)cc1C(=O)O[C@H](C)C(=O)NC(C)C. The minimum absolute atomic E-state index is 0.00987. The molecule has 1 atom stereocenters. The first-order chi connectivity index (χ1) is 11.0. The molecule has 7 nitrogen and oxygen atoms in total. The van der Waals surface area contributed by atoms with Crippen molar-refractivity contribution >= 4 is 21.9 Å². The lowest BCUT2D eigenvalue weighted by Gasteiger charge is -2.17. The lowest BCUT2D eigenvalue weighted by atomic mass is 10.1. The van der Waals surface area contributed by atoms with E-state index in [4.69, 9.17) is 4.74 Å². The smallest absolute Gasteiger partial charge is 0.339 e. The molecule has 0 heterocycles. The zero-order chi connectivity index (χ0) is 18.7. The van der Waals surface area contributed by atoms with Gasteiger partial charge in [0.05, 0.1) is 10.5 Å². The Balaban J connectivity index is 3.05. The van der Waals surface area contributed by atoms with Crippen LogP contribution in [-0.2, 0) is 19.6 Å². The second-order valence-corrected chi connectivity index (χ2v) is 8.13. The largest absolute Gasteiger partial charge is 0.449 e. The van der Waals surface area contributed by atoms with Crippen LogP contribution in [0.25, 0.3) is 0 Å². The number of nitrogens with one attached hydrogen (secondary N) is 1. The first kappa shape index (κ1) is 20.1. The van der Waals surface area contributed by atoms with Gasteiger partial charge in [-0.2, -0.15) is 0 Å². The average molecular weight is 356 g/mol. The van der Waals surface area contributed by atoms with Crippen molar-refractivity contribution in [3.63, 3.8) is 0 Å². The van der Waals surface area contributed by atoms with Crippen molar-refractivity contribution in [1.82, 2.24) is 9.62 Å². The third kappa shape index (κ3) is 4.78. The van der Waals surface area contributed by atoms with Crippen LogP contribution in [0.2, 0.25) is 0 Å². The van der Waals surface area contributed by atoms with Gasteiger partial charge in [0.1, 0.15) is 0 Å². The number of ether oxygens (including phenoxy) is 1. The number of esters is 1. The summed E-state index contributed by atoms with van der Waals surface area (Å²) in [7, 11) is -0.848. The number of carbonyl (C=O) groups excluding carboxylic acids is 2. The van der Waals surface area contributed by atoms with Crippen molar-refractivity contribution < 1.29 is 22.7 Å². The van der Waals surface area contributed by atoms with E-state index in [9.17, 15) is 18.0 Å². The fourth-order valence-corrected chi connectivity index (χ4v) is 2.80. The number of hydrogen-bond donors (Lipinski definition) is 1. The first-order valence-corrected chi connectivity index (χ1v) is 8.95. The summed E-state index contributed by atoms with van der Waals surface area (Å²) in [6, 6.07) is 4.15. The highest BCUT2D eigenvalue weighted by molar-refractivity contribution is 7.89. The van der Waals surface area contributed by atoms with Gasteiger partial charge in [-0.25, -0.2) is 17.5 Å². The summed E-state index contributed by atoms with van der Waals surface area (Å²) in [4.78, 5) is 24.1. The van der Waals surface area contributed by atoms with Crippen molar-refractivity contribution in [2.45, 2.75) is 44.7 Å². The van der Waals surface area contributed by atoms with Crippen LogP contribution < -0.4 is 5.32 Å². The normalized spacial score (nSPS) is 13.0. The monoisotopic (exact) mass is 356 g/mol. The maximum Gasteiger partial charge on any atom is 0.339 e. The number of carbonyl (C=O) groups is 2. The molecule has 1 rings (SSSR count). The highest BCUT2D eigenvalue weighted by Gasteiger charge is 2.23. The molecule has 0 aliphatic carbocycles. The maximum atomic E-state index is 12.3. The molecule has 0 unspecified atom stereocenters. The molecule has 134 valence electrons.